The molecule has 7 nitrogen and oxygen atoms in total. The molecule has 1 aromatic carbocycles. The molecule has 0 aliphatic rings. The van der Waals surface area contributed by atoms with Gasteiger partial charge in [-0.25, -0.2) is 9.97 Å². The number of nitriles is 1. The highest BCUT2D eigenvalue weighted by atomic mass is 32.1. The highest BCUT2D eigenvalue weighted by molar-refractivity contribution is 7.19. The molecule has 3 rings (SSSR count). The van der Waals surface area contributed by atoms with Crippen LogP contribution in [-0.2, 0) is 6.42 Å². The molecule has 0 aliphatic heterocycles. The summed E-state index contributed by atoms with van der Waals surface area (Å²) in [7, 11) is 4.70. The molecule has 0 spiro atoms. The molecule has 0 aliphatic carbocycles. The van der Waals surface area contributed by atoms with Gasteiger partial charge in [-0.05, 0) is 30.2 Å². The zero-order valence-electron chi connectivity index (χ0n) is 14.9. The third-order valence-corrected chi connectivity index (χ3v) is 5.14. The summed E-state index contributed by atoms with van der Waals surface area (Å²) in [5, 5.41) is 9.96. The lowest BCUT2D eigenvalue weighted by molar-refractivity contribution is 0.324. The second kappa shape index (κ2) is 7.06. The summed E-state index contributed by atoms with van der Waals surface area (Å²) in [5.41, 5.74) is 7.83. The number of nitrogens with two attached hydrogens (primary N) is 1. The molecule has 0 bridgehead atoms. The second-order valence-corrected chi connectivity index (χ2v) is 6.58. The second-order valence-electron chi connectivity index (χ2n) is 5.58. The Morgan fingerprint density at radius 1 is 1.12 bits per heavy atom. The molecule has 0 amide bonds. The number of fused-ring (bicyclic) bond motifs is 1. The Labute approximate surface area is 155 Å². The van der Waals surface area contributed by atoms with Crippen molar-refractivity contribution in [2.75, 3.05) is 27.1 Å². The molecule has 3 aromatic rings. The van der Waals surface area contributed by atoms with Gasteiger partial charge in [0.05, 0.1) is 26.7 Å². The Bertz CT molecular complexity index is 998. The summed E-state index contributed by atoms with van der Waals surface area (Å²) in [5.74, 6) is 2.61. The first-order valence-corrected chi connectivity index (χ1v) is 8.58. The number of aryl methyl sites for hydroxylation is 1. The monoisotopic (exact) mass is 370 g/mol. The number of aromatic nitrogens is 2. The molecule has 0 unspecified atom stereocenters. The number of nitrogens with zero attached hydrogens (tertiary/aromatic N) is 3. The smallest absolute Gasteiger partial charge is 0.203 e. The van der Waals surface area contributed by atoms with E-state index in [0.717, 1.165) is 16.5 Å². The van der Waals surface area contributed by atoms with Crippen molar-refractivity contribution < 1.29 is 14.2 Å². The van der Waals surface area contributed by atoms with Crippen LogP contribution in [0.5, 0.6) is 17.2 Å². The fourth-order valence-electron chi connectivity index (χ4n) is 2.82. The number of nitrogen functional groups attached to an aromatic ring is 1. The first-order chi connectivity index (χ1) is 12.5. The van der Waals surface area contributed by atoms with Gasteiger partial charge in [0.2, 0.25) is 5.75 Å². The van der Waals surface area contributed by atoms with Crippen LogP contribution in [0, 0.1) is 18.3 Å². The van der Waals surface area contributed by atoms with Crippen molar-refractivity contribution in [3.8, 4) is 23.3 Å². The lowest BCUT2D eigenvalue weighted by Gasteiger charge is -2.14. The first-order valence-electron chi connectivity index (χ1n) is 7.76. The Morgan fingerprint density at radius 3 is 2.31 bits per heavy atom. The highest BCUT2D eigenvalue weighted by Crippen LogP contribution is 2.39. The van der Waals surface area contributed by atoms with Gasteiger partial charge in [0.25, 0.3) is 0 Å². The first kappa shape index (κ1) is 17.8. The van der Waals surface area contributed by atoms with E-state index in [0.29, 0.717) is 45.0 Å². The number of hydrogen-bond acceptors (Lipinski definition) is 8. The van der Waals surface area contributed by atoms with Crippen molar-refractivity contribution in [2.45, 2.75) is 13.3 Å². The fourth-order valence-corrected chi connectivity index (χ4v) is 3.83. The van der Waals surface area contributed by atoms with Crippen LogP contribution < -0.4 is 19.9 Å². The van der Waals surface area contributed by atoms with Crippen LogP contribution in [0.4, 0.5) is 5.82 Å². The van der Waals surface area contributed by atoms with Gasteiger partial charge < -0.3 is 19.9 Å². The molecule has 0 saturated carbocycles. The van der Waals surface area contributed by atoms with Crippen molar-refractivity contribution in [1.29, 1.82) is 5.26 Å². The van der Waals surface area contributed by atoms with Crippen LogP contribution in [0.2, 0.25) is 0 Å². The van der Waals surface area contributed by atoms with E-state index >= 15 is 0 Å². The van der Waals surface area contributed by atoms with Crippen molar-refractivity contribution >= 4 is 27.4 Å². The summed E-state index contributed by atoms with van der Waals surface area (Å²) in [6.07, 6.45) is 0.440. The number of benzene rings is 1. The summed E-state index contributed by atoms with van der Waals surface area (Å²) in [4.78, 5) is 10.3. The SMILES string of the molecule is COc1cc(Cc2nc(N)c3c(C)c(C#N)sc3n2)cc(OC)c1OC. The minimum Gasteiger partial charge on any atom is -0.493 e. The number of rotatable bonds is 5. The lowest BCUT2D eigenvalue weighted by Crippen LogP contribution is -2.02. The third-order valence-electron chi connectivity index (χ3n) is 4.05. The minimum atomic E-state index is 0.382. The van der Waals surface area contributed by atoms with Crippen LogP contribution in [0.1, 0.15) is 21.8 Å². The molecule has 8 heteroatoms. The van der Waals surface area contributed by atoms with Crippen LogP contribution in [0.25, 0.3) is 10.2 Å². The molecule has 26 heavy (non-hydrogen) atoms. The maximum absolute atomic E-state index is 9.21. The molecule has 0 radical (unpaired) electrons. The average Bonchev–Trinajstić information content (AvgIpc) is 2.96. The van der Waals surface area contributed by atoms with E-state index in [1.165, 1.54) is 11.3 Å². The van der Waals surface area contributed by atoms with Crippen molar-refractivity contribution in [3.63, 3.8) is 0 Å². The fraction of sp³-hybridized carbons (Fsp3) is 0.278. The molecule has 0 saturated heterocycles. The van der Waals surface area contributed by atoms with Crippen LogP contribution in [-0.4, -0.2) is 31.3 Å². The number of hydrogen-bond donors (Lipinski definition) is 1. The summed E-state index contributed by atoms with van der Waals surface area (Å²) >= 11 is 1.32. The Morgan fingerprint density at radius 2 is 1.77 bits per heavy atom. The molecular formula is C18H18N4O3S. The normalized spacial score (nSPS) is 10.6. The highest BCUT2D eigenvalue weighted by Gasteiger charge is 2.17. The Hall–Kier alpha value is -3.05. The molecular weight excluding hydrogens is 352 g/mol. The summed E-state index contributed by atoms with van der Waals surface area (Å²) < 4.78 is 16.1. The molecule has 0 fully saturated rings. The minimum absolute atomic E-state index is 0.382. The molecule has 2 aromatic heterocycles. The van der Waals surface area contributed by atoms with E-state index in [2.05, 4.69) is 16.0 Å². The quantitative estimate of drug-likeness (QED) is 0.736. The summed E-state index contributed by atoms with van der Waals surface area (Å²) in [6.45, 7) is 1.86. The van der Waals surface area contributed by atoms with Crippen LogP contribution >= 0.6 is 11.3 Å². The zero-order chi connectivity index (χ0) is 18.8. The van der Waals surface area contributed by atoms with Gasteiger partial charge in [-0.2, -0.15) is 5.26 Å². The predicted molar refractivity (Wildman–Crippen MR) is 100 cm³/mol. The van der Waals surface area contributed by atoms with E-state index in [1.54, 1.807) is 21.3 Å². The van der Waals surface area contributed by atoms with Gasteiger partial charge in [-0.3, -0.25) is 0 Å². The zero-order valence-corrected chi connectivity index (χ0v) is 15.7. The molecule has 2 N–H and O–H groups in total. The molecule has 2 heterocycles. The molecule has 134 valence electrons. The largest absolute Gasteiger partial charge is 0.493 e. The van der Waals surface area contributed by atoms with Gasteiger partial charge in [-0.15, -0.1) is 11.3 Å². The number of anilines is 1. The van der Waals surface area contributed by atoms with Gasteiger partial charge in [0.15, 0.2) is 11.5 Å². The van der Waals surface area contributed by atoms with Gasteiger partial charge in [0.1, 0.15) is 27.4 Å². The van der Waals surface area contributed by atoms with Gasteiger partial charge in [0, 0.05) is 6.42 Å². The van der Waals surface area contributed by atoms with Crippen molar-refractivity contribution in [3.05, 3.63) is 34.0 Å². The van der Waals surface area contributed by atoms with Crippen LogP contribution in [0.15, 0.2) is 12.1 Å². The number of methoxy groups -OCH3 is 3. The summed E-state index contributed by atoms with van der Waals surface area (Å²) in [6, 6.07) is 5.88. The lowest BCUT2D eigenvalue weighted by atomic mass is 10.1. The van der Waals surface area contributed by atoms with Gasteiger partial charge in [-0.1, -0.05) is 0 Å². The van der Waals surface area contributed by atoms with E-state index in [1.807, 2.05) is 19.1 Å². The maximum atomic E-state index is 9.21. The Balaban J connectivity index is 2.05. The van der Waals surface area contributed by atoms with E-state index in [4.69, 9.17) is 19.9 Å². The van der Waals surface area contributed by atoms with E-state index < -0.39 is 0 Å². The average molecular weight is 370 g/mol. The van der Waals surface area contributed by atoms with Gasteiger partial charge >= 0.3 is 0 Å². The van der Waals surface area contributed by atoms with E-state index in [-0.39, 0.29) is 0 Å². The number of ether oxygens (including phenoxy) is 3. The van der Waals surface area contributed by atoms with Crippen molar-refractivity contribution in [1.82, 2.24) is 9.97 Å². The van der Waals surface area contributed by atoms with Crippen molar-refractivity contribution in [2.24, 2.45) is 0 Å². The third kappa shape index (κ3) is 2.97. The predicted octanol–water partition coefficient (Wildman–Crippen LogP) is 3.07. The Kier molecular flexibility index (Phi) is 4.82. The molecule has 0 atom stereocenters. The van der Waals surface area contributed by atoms with E-state index in [9.17, 15) is 5.26 Å². The van der Waals surface area contributed by atoms with Crippen LogP contribution in [0.3, 0.4) is 0 Å². The number of thiophene rings is 1. The maximum Gasteiger partial charge on any atom is 0.203 e. The standard InChI is InChI=1S/C18H18N4O3S/c1-9-13(8-19)26-18-15(9)17(20)21-14(22-18)7-10-5-11(23-2)16(25-4)12(6-10)24-3/h5-6H,7H2,1-4H3,(H2,20,21,22). The topological polar surface area (TPSA) is 103 Å².